The van der Waals surface area contributed by atoms with Crippen molar-refractivity contribution in [2.24, 2.45) is 0 Å². The van der Waals surface area contributed by atoms with Crippen LogP contribution >= 0.6 is 11.8 Å². The maximum Gasteiger partial charge on any atom is 0.335 e. The molecule has 0 spiro atoms. The lowest BCUT2D eigenvalue weighted by Gasteiger charge is -2.12. The topological polar surface area (TPSA) is 82.1 Å². The van der Waals surface area contributed by atoms with E-state index in [2.05, 4.69) is 4.84 Å². The molecular formula is C12H19NO6S. The summed E-state index contributed by atoms with van der Waals surface area (Å²) in [6.07, 6.45) is 2.18. The molecule has 2 amide bonds. The Morgan fingerprint density at radius 2 is 1.70 bits per heavy atom. The first-order valence-electron chi connectivity index (χ1n) is 6.36. The molecule has 1 saturated heterocycles. The smallest absolute Gasteiger partial charge is 0.335 e. The average molecular weight is 305 g/mol. The van der Waals surface area contributed by atoms with Crippen molar-refractivity contribution in [1.29, 1.82) is 0 Å². The monoisotopic (exact) mass is 305 g/mol. The van der Waals surface area contributed by atoms with E-state index in [9.17, 15) is 14.4 Å². The Balaban J connectivity index is 2.00. The van der Waals surface area contributed by atoms with Crippen molar-refractivity contribution in [1.82, 2.24) is 5.06 Å². The van der Waals surface area contributed by atoms with Crippen LogP contribution in [0.3, 0.4) is 0 Å². The molecule has 0 aliphatic carbocycles. The van der Waals surface area contributed by atoms with Gasteiger partial charge in [0.05, 0.1) is 32.8 Å². The van der Waals surface area contributed by atoms with Gasteiger partial charge in [-0.2, -0.15) is 11.8 Å². The first-order chi connectivity index (χ1) is 9.65. The van der Waals surface area contributed by atoms with E-state index in [1.807, 2.05) is 6.26 Å². The fraction of sp³-hybridized carbons (Fsp3) is 0.750. The molecule has 7 nitrogen and oxygen atoms in total. The van der Waals surface area contributed by atoms with E-state index in [0.29, 0.717) is 24.9 Å². The van der Waals surface area contributed by atoms with Gasteiger partial charge in [-0.05, 0) is 6.26 Å². The highest BCUT2D eigenvalue weighted by Crippen LogP contribution is 2.12. The highest BCUT2D eigenvalue weighted by molar-refractivity contribution is 7.98. The second kappa shape index (κ2) is 9.73. The third kappa shape index (κ3) is 6.36. The van der Waals surface area contributed by atoms with Crippen molar-refractivity contribution in [3.05, 3.63) is 0 Å². The molecule has 0 aromatic carbocycles. The Morgan fingerprint density at radius 1 is 1.10 bits per heavy atom. The van der Waals surface area contributed by atoms with E-state index in [4.69, 9.17) is 9.47 Å². The lowest BCUT2D eigenvalue weighted by atomic mass is 10.4. The maximum absolute atomic E-state index is 11.4. The molecule has 114 valence electrons. The van der Waals surface area contributed by atoms with Gasteiger partial charge in [0.2, 0.25) is 0 Å². The highest BCUT2D eigenvalue weighted by atomic mass is 32.2. The third-order valence-corrected chi connectivity index (χ3v) is 3.03. The van der Waals surface area contributed by atoms with Gasteiger partial charge in [0.15, 0.2) is 0 Å². The van der Waals surface area contributed by atoms with Gasteiger partial charge in [-0.1, -0.05) is 0 Å². The minimum atomic E-state index is -0.656. The van der Waals surface area contributed by atoms with Crippen LogP contribution in [0.2, 0.25) is 0 Å². The van der Waals surface area contributed by atoms with Crippen LogP contribution in [0.4, 0.5) is 0 Å². The molecular weight excluding hydrogens is 286 g/mol. The molecule has 1 aliphatic rings. The molecule has 1 fully saturated rings. The second-order valence-electron chi connectivity index (χ2n) is 4.01. The van der Waals surface area contributed by atoms with Crippen molar-refractivity contribution in [2.45, 2.75) is 19.3 Å². The van der Waals surface area contributed by atoms with Crippen molar-refractivity contribution < 1.29 is 28.7 Å². The lowest BCUT2D eigenvalue weighted by molar-refractivity contribution is -0.198. The molecule has 0 unspecified atom stereocenters. The van der Waals surface area contributed by atoms with Crippen molar-refractivity contribution in [3.8, 4) is 0 Å². The molecule has 0 atom stereocenters. The van der Waals surface area contributed by atoms with Crippen LogP contribution in [0, 0.1) is 0 Å². The molecule has 0 bridgehead atoms. The minimum Gasteiger partial charge on any atom is -0.378 e. The number of hydrogen-bond donors (Lipinski definition) is 0. The van der Waals surface area contributed by atoms with Crippen molar-refractivity contribution >= 4 is 29.5 Å². The molecule has 0 saturated carbocycles. The molecule has 1 rings (SSSR count). The zero-order valence-electron chi connectivity index (χ0n) is 11.5. The van der Waals surface area contributed by atoms with Gasteiger partial charge in [-0.15, -0.1) is 5.06 Å². The number of amides is 2. The number of ether oxygens (including phenoxy) is 2. The van der Waals surface area contributed by atoms with Gasteiger partial charge in [-0.25, -0.2) is 4.79 Å². The predicted molar refractivity (Wildman–Crippen MR) is 71.8 cm³/mol. The number of hydrogen-bond acceptors (Lipinski definition) is 7. The van der Waals surface area contributed by atoms with Gasteiger partial charge in [-0.3, -0.25) is 9.59 Å². The van der Waals surface area contributed by atoms with E-state index in [1.165, 1.54) is 0 Å². The van der Waals surface area contributed by atoms with Crippen LogP contribution in [0.5, 0.6) is 0 Å². The first kappa shape index (κ1) is 16.9. The average Bonchev–Trinajstić information content (AvgIpc) is 2.73. The Hall–Kier alpha value is -1.12. The number of rotatable bonds is 10. The van der Waals surface area contributed by atoms with Crippen LogP contribution in [-0.2, 0) is 28.7 Å². The van der Waals surface area contributed by atoms with E-state index in [-0.39, 0.29) is 25.9 Å². The largest absolute Gasteiger partial charge is 0.378 e. The van der Waals surface area contributed by atoms with Crippen molar-refractivity contribution in [3.63, 3.8) is 0 Å². The fourth-order valence-corrected chi connectivity index (χ4v) is 1.71. The Bertz CT molecular complexity index is 333. The molecule has 0 aromatic rings. The number of imide groups is 1. The van der Waals surface area contributed by atoms with Gasteiger partial charge >= 0.3 is 5.97 Å². The predicted octanol–water partition coefficient (Wildman–Crippen LogP) is 0.380. The summed E-state index contributed by atoms with van der Waals surface area (Å²) in [5.74, 6) is -0.681. The Kier molecular flexibility index (Phi) is 8.24. The molecule has 0 aromatic heterocycles. The maximum atomic E-state index is 11.4. The summed E-state index contributed by atoms with van der Waals surface area (Å²) >= 11 is 1.70. The summed E-state index contributed by atoms with van der Waals surface area (Å²) in [4.78, 5) is 38.5. The van der Waals surface area contributed by atoms with E-state index < -0.39 is 17.8 Å². The summed E-state index contributed by atoms with van der Waals surface area (Å²) < 4.78 is 10.4. The number of nitrogens with zero attached hydrogens (tertiary/aromatic N) is 1. The molecule has 0 N–H and O–H groups in total. The van der Waals surface area contributed by atoms with Crippen molar-refractivity contribution in [2.75, 3.05) is 38.4 Å². The molecule has 20 heavy (non-hydrogen) atoms. The number of thioether (sulfide) groups is 1. The van der Waals surface area contributed by atoms with Gasteiger partial charge < -0.3 is 14.3 Å². The van der Waals surface area contributed by atoms with Crippen LogP contribution in [0.15, 0.2) is 0 Å². The van der Waals surface area contributed by atoms with Gasteiger partial charge in [0, 0.05) is 18.6 Å². The summed E-state index contributed by atoms with van der Waals surface area (Å²) in [7, 11) is 0. The molecule has 0 radical (unpaired) electrons. The zero-order chi connectivity index (χ0) is 14.8. The number of carbonyl (C=O) groups excluding carboxylic acids is 3. The first-order valence-corrected chi connectivity index (χ1v) is 7.75. The minimum absolute atomic E-state index is 0.0120. The molecule has 1 heterocycles. The fourth-order valence-electron chi connectivity index (χ4n) is 1.43. The zero-order valence-corrected chi connectivity index (χ0v) is 12.3. The molecule has 8 heteroatoms. The summed E-state index contributed by atoms with van der Waals surface area (Å²) in [5, 5.41) is 0.536. The quantitative estimate of drug-likeness (QED) is 0.426. The summed E-state index contributed by atoms with van der Waals surface area (Å²) in [5.41, 5.74) is 0. The highest BCUT2D eigenvalue weighted by Gasteiger charge is 2.32. The molecule has 1 aliphatic heterocycles. The Labute approximate surface area is 121 Å². The Morgan fingerprint density at radius 3 is 2.30 bits per heavy atom. The number of hydroxylamine groups is 2. The lowest BCUT2D eigenvalue weighted by Crippen LogP contribution is -2.32. The second-order valence-corrected chi connectivity index (χ2v) is 5.00. The normalized spacial score (nSPS) is 14.9. The van der Waals surface area contributed by atoms with Crippen LogP contribution in [0.25, 0.3) is 0 Å². The summed E-state index contributed by atoms with van der Waals surface area (Å²) in [6, 6.07) is 0. The third-order valence-electron chi connectivity index (χ3n) is 2.45. The van der Waals surface area contributed by atoms with Crippen LogP contribution in [-0.4, -0.2) is 61.3 Å². The van der Waals surface area contributed by atoms with Crippen LogP contribution in [0.1, 0.15) is 19.3 Å². The van der Waals surface area contributed by atoms with Crippen LogP contribution < -0.4 is 0 Å². The standard InChI is InChI=1S/C12H19NO6S/c1-20-9-8-18-7-6-17-5-4-12(16)19-13-10(14)2-3-11(13)15/h2-9H2,1H3. The van der Waals surface area contributed by atoms with E-state index in [0.717, 1.165) is 5.75 Å². The SMILES string of the molecule is CSCCOCCOCCC(=O)ON1C(=O)CCC1=O. The van der Waals surface area contributed by atoms with Gasteiger partial charge in [0.25, 0.3) is 11.8 Å². The summed E-state index contributed by atoms with van der Waals surface area (Å²) in [6.45, 7) is 1.70. The van der Waals surface area contributed by atoms with E-state index in [1.54, 1.807) is 11.8 Å². The van der Waals surface area contributed by atoms with Gasteiger partial charge in [0.1, 0.15) is 0 Å². The van der Waals surface area contributed by atoms with E-state index >= 15 is 0 Å². The number of carbonyl (C=O) groups is 3.